The van der Waals surface area contributed by atoms with Crippen LogP contribution in [0.4, 0.5) is 17.1 Å². The lowest BCUT2D eigenvalue weighted by Gasteiger charge is -2.07. The predicted molar refractivity (Wildman–Crippen MR) is 101 cm³/mol. The monoisotopic (exact) mass is 407 g/mol. The molecule has 0 unspecified atom stereocenters. The average Bonchev–Trinajstić information content (AvgIpc) is 3.10. The number of rotatable bonds is 6. The molecule has 2 aromatic carbocycles. The van der Waals surface area contributed by atoms with Crippen molar-refractivity contribution in [1.29, 1.82) is 0 Å². The van der Waals surface area contributed by atoms with Crippen LogP contribution < -0.4 is 10.0 Å². The molecule has 0 aliphatic rings. The van der Waals surface area contributed by atoms with Gasteiger partial charge in [-0.15, -0.1) is 0 Å². The number of nitro benzene ring substituents is 1. The summed E-state index contributed by atoms with van der Waals surface area (Å²) >= 11 is 6.14. The smallest absolute Gasteiger partial charge is 0.294 e. The number of hydrogen-bond acceptors (Lipinski definition) is 6. The van der Waals surface area contributed by atoms with Crippen molar-refractivity contribution in [1.82, 2.24) is 14.5 Å². The fourth-order valence-electron chi connectivity index (χ4n) is 2.37. The number of para-hydroxylation sites is 1. The minimum absolute atomic E-state index is 0.133. The molecule has 0 aliphatic heterocycles. The molecule has 2 N–H and O–H groups in total. The number of benzene rings is 2. The standard InChI is InChI=1S/C16H14ClN5O4S/c1-18-27(25,26)12-6-7-14(16(8-12)22(23)24)20-11-9-19-21(10-11)15-5-3-2-4-13(15)17/h2-10,18,20H,1H3. The Kier molecular flexibility index (Phi) is 5.13. The van der Waals surface area contributed by atoms with Gasteiger partial charge in [0.1, 0.15) is 5.69 Å². The van der Waals surface area contributed by atoms with Crippen LogP contribution in [0.1, 0.15) is 0 Å². The largest absolute Gasteiger partial charge is 0.347 e. The second-order valence-corrected chi connectivity index (χ2v) is 7.69. The lowest BCUT2D eigenvalue weighted by molar-refractivity contribution is -0.384. The molecule has 0 saturated heterocycles. The number of nitro groups is 1. The maximum atomic E-state index is 11.9. The van der Waals surface area contributed by atoms with E-state index in [2.05, 4.69) is 15.1 Å². The van der Waals surface area contributed by atoms with Gasteiger partial charge in [-0.05, 0) is 31.3 Å². The Balaban J connectivity index is 1.94. The molecule has 3 aromatic rings. The molecule has 0 aliphatic carbocycles. The van der Waals surface area contributed by atoms with Crippen molar-refractivity contribution in [2.45, 2.75) is 4.90 Å². The molecule has 27 heavy (non-hydrogen) atoms. The number of sulfonamides is 1. The lowest BCUT2D eigenvalue weighted by atomic mass is 10.2. The van der Waals surface area contributed by atoms with E-state index in [0.29, 0.717) is 16.4 Å². The fourth-order valence-corrected chi connectivity index (χ4v) is 3.34. The van der Waals surface area contributed by atoms with Crippen molar-refractivity contribution >= 4 is 38.7 Å². The van der Waals surface area contributed by atoms with Gasteiger partial charge in [0, 0.05) is 6.07 Å². The molecule has 11 heteroatoms. The third-order valence-electron chi connectivity index (χ3n) is 3.71. The summed E-state index contributed by atoms with van der Waals surface area (Å²) < 4.78 is 27.4. The first kappa shape index (κ1) is 18.8. The van der Waals surface area contributed by atoms with Gasteiger partial charge in [-0.3, -0.25) is 10.1 Å². The van der Waals surface area contributed by atoms with Crippen LogP contribution in [0.25, 0.3) is 5.69 Å². The Hall–Kier alpha value is -2.95. The molecule has 3 rings (SSSR count). The SMILES string of the molecule is CNS(=O)(=O)c1ccc(Nc2cnn(-c3ccccc3Cl)c2)c([N+](=O)[O-])c1. The summed E-state index contributed by atoms with van der Waals surface area (Å²) in [5.41, 5.74) is 0.880. The van der Waals surface area contributed by atoms with Crippen molar-refractivity contribution < 1.29 is 13.3 Å². The second-order valence-electron chi connectivity index (χ2n) is 5.39. The summed E-state index contributed by atoms with van der Waals surface area (Å²) in [6, 6.07) is 10.7. The number of halogens is 1. The van der Waals surface area contributed by atoms with Crippen molar-refractivity contribution in [3.05, 3.63) is 70.0 Å². The Morgan fingerprint density at radius 3 is 2.63 bits per heavy atom. The number of hydrogen-bond donors (Lipinski definition) is 2. The molecule has 0 amide bonds. The molecule has 0 atom stereocenters. The summed E-state index contributed by atoms with van der Waals surface area (Å²) in [7, 11) is -2.56. The van der Waals surface area contributed by atoms with E-state index in [1.165, 1.54) is 30.1 Å². The van der Waals surface area contributed by atoms with Crippen LogP contribution in [0, 0.1) is 10.1 Å². The van der Waals surface area contributed by atoms with E-state index in [0.717, 1.165) is 6.07 Å². The highest BCUT2D eigenvalue weighted by molar-refractivity contribution is 7.89. The summed E-state index contributed by atoms with van der Waals surface area (Å²) in [5, 5.41) is 18.9. The zero-order chi connectivity index (χ0) is 19.6. The predicted octanol–water partition coefficient (Wildman–Crippen LogP) is 3.09. The molecule has 0 spiro atoms. The van der Waals surface area contributed by atoms with Gasteiger partial charge in [0.25, 0.3) is 5.69 Å². The van der Waals surface area contributed by atoms with Crippen LogP contribution in [0.2, 0.25) is 5.02 Å². The molecule has 9 nitrogen and oxygen atoms in total. The number of nitrogens with one attached hydrogen (secondary N) is 2. The van der Waals surface area contributed by atoms with Crippen LogP contribution in [0.15, 0.2) is 59.8 Å². The van der Waals surface area contributed by atoms with E-state index in [4.69, 9.17) is 11.6 Å². The van der Waals surface area contributed by atoms with Crippen LogP contribution in [0.5, 0.6) is 0 Å². The van der Waals surface area contributed by atoms with Crippen LogP contribution in [0.3, 0.4) is 0 Å². The molecule has 1 aromatic heterocycles. The summed E-state index contributed by atoms with van der Waals surface area (Å²) in [5.74, 6) is 0. The van der Waals surface area contributed by atoms with Gasteiger partial charge in [0.05, 0.1) is 38.6 Å². The van der Waals surface area contributed by atoms with Gasteiger partial charge in [-0.1, -0.05) is 23.7 Å². The van der Waals surface area contributed by atoms with Gasteiger partial charge in [0.15, 0.2) is 0 Å². The zero-order valence-electron chi connectivity index (χ0n) is 14.0. The minimum Gasteiger partial charge on any atom is -0.347 e. The van der Waals surface area contributed by atoms with Gasteiger partial charge >= 0.3 is 0 Å². The van der Waals surface area contributed by atoms with Gasteiger partial charge in [0.2, 0.25) is 10.0 Å². The molecular weight excluding hydrogens is 394 g/mol. The minimum atomic E-state index is -3.79. The quantitative estimate of drug-likeness (QED) is 0.478. The molecule has 140 valence electrons. The summed E-state index contributed by atoms with van der Waals surface area (Å²) in [6.45, 7) is 0. The van der Waals surface area contributed by atoms with Crippen molar-refractivity contribution in [2.75, 3.05) is 12.4 Å². The normalized spacial score (nSPS) is 11.3. The van der Waals surface area contributed by atoms with Gasteiger partial charge < -0.3 is 5.32 Å². The number of aromatic nitrogens is 2. The van der Waals surface area contributed by atoms with E-state index >= 15 is 0 Å². The fraction of sp³-hybridized carbons (Fsp3) is 0.0625. The Morgan fingerprint density at radius 2 is 1.96 bits per heavy atom. The Bertz CT molecular complexity index is 1110. The van der Waals surface area contributed by atoms with Gasteiger partial charge in [-0.25, -0.2) is 17.8 Å². The highest BCUT2D eigenvalue weighted by Crippen LogP contribution is 2.30. The van der Waals surface area contributed by atoms with Crippen LogP contribution >= 0.6 is 11.6 Å². The lowest BCUT2D eigenvalue weighted by Crippen LogP contribution is -2.18. The van der Waals surface area contributed by atoms with Crippen LogP contribution in [-0.2, 0) is 10.0 Å². The number of nitrogens with zero attached hydrogens (tertiary/aromatic N) is 3. The highest BCUT2D eigenvalue weighted by Gasteiger charge is 2.21. The highest BCUT2D eigenvalue weighted by atomic mass is 35.5. The third kappa shape index (κ3) is 3.92. The van der Waals surface area contributed by atoms with E-state index < -0.39 is 14.9 Å². The number of anilines is 2. The Morgan fingerprint density at radius 1 is 1.22 bits per heavy atom. The molecule has 1 heterocycles. The van der Waals surface area contributed by atoms with Crippen molar-refractivity contribution in [3.63, 3.8) is 0 Å². The van der Waals surface area contributed by atoms with E-state index in [9.17, 15) is 18.5 Å². The first-order chi connectivity index (χ1) is 12.8. The van der Waals surface area contributed by atoms with Crippen molar-refractivity contribution in [2.24, 2.45) is 0 Å². The zero-order valence-corrected chi connectivity index (χ0v) is 15.5. The van der Waals surface area contributed by atoms with Crippen molar-refractivity contribution in [3.8, 4) is 5.69 Å². The maximum absolute atomic E-state index is 11.9. The molecule has 0 saturated carbocycles. The Labute approximate surface area is 159 Å². The molecule has 0 bridgehead atoms. The third-order valence-corrected chi connectivity index (χ3v) is 5.44. The maximum Gasteiger partial charge on any atom is 0.294 e. The molecule has 0 radical (unpaired) electrons. The second kappa shape index (κ2) is 7.35. The van der Waals surface area contributed by atoms with E-state index in [-0.39, 0.29) is 16.3 Å². The summed E-state index contributed by atoms with van der Waals surface area (Å²) in [4.78, 5) is 10.5. The first-order valence-electron chi connectivity index (χ1n) is 7.60. The van der Waals surface area contributed by atoms with Gasteiger partial charge in [-0.2, -0.15) is 5.10 Å². The molecule has 0 fully saturated rings. The molecular formula is C16H14ClN5O4S. The van der Waals surface area contributed by atoms with Crippen LogP contribution in [-0.4, -0.2) is 30.2 Å². The van der Waals surface area contributed by atoms with E-state index in [1.807, 2.05) is 6.07 Å². The van der Waals surface area contributed by atoms with E-state index in [1.54, 1.807) is 24.4 Å². The summed E-state index contributed by atoms with van der Waals surface area (Å²) in [6.07, 6.45) is 3.09. The topological polar surface area (TPSA) is 119 Å². The first-order valence-corrected chi connectivity index (χ1v) is 9.46. The average molecular weight is 408 g/mol.